The Morgan fingerprint density at radius 2 is 1.58 bits per heavy atom. The fraction of sp³-hybridized carbons (Fsp3) is 0.0870. The Kier molecular flexibility index (Phi) is 2.69. The van der Waals surface area contributed by atoms with Gasteiger partial charge < -0.3 is 0 Å². The molecule has 0 unspecified atom stereocenters. The Labute approximate surface area is 140 Å². The van der Waals surface area contributed by atoms with Gasteiger partial charge in [-0.1, -0.05) is 66.2 Å². The predicted molar refractivity (Wildman–Crippen MR) is 99.7 cm³/mol. The zero-order chi connectivity index (χ0) is 16.3. The quantitative estimate of drug-likeness (QED) is 0.440. The van der Waals surface area contributed by atoms with Crippen molar-refractivity contribution in [2.45, 2.75) is 13.3 Å². The fourth-order valence-electron chi connectivity index (χ4n) is 3.93. The number of fused-ring (bicyclic) bond motifs is 1. The summed E-state index contributed by atoms with van der Waals surface area (Å²) >= 11 is 0. The first kappa shape index (κ1) is 13.5. The number of hydrogen-bond acceptors (Lipinski definition) is 1. The molecule has 0 saturated carbocycles. The maximum atomic E-state index is 12.4. The van der Waals surface area contributed by atoms with Crippen LogP contribution in [0, 0.1) is 6.92 Å². The largest absolute Gasteiger partial charge is 0.294 e. The molecular formula is C23H16O. The Hall–Kier alpha value is -2.93. The summed E-state index contributed by atoms with van der Waals surface area (Å²) in [7, 11) is 0. The lowest BCUT2D eigenvalue weighted by Gasteiger charge is -2.10. The van der Waals surface area contributed by atoms with Crippen LogP contribution in [0.1, 0.15) is 21.5 Å². The minimum atomic E-state index is 0.236. The lowest BCUT2D eigenvalue weighted by Crippen LogP contribution is -1.94. The molecule has 0 amide bonds. The van der Waals surface area contributed by atoms with Crippen LogP contribution in [0.2, 0.25) is 0 Å². The molecule has 0 saturated heterocycles. The maximum Gasteiger partial charge on any atom is 0.167 e. The molecule has 5 rings (SSSR count). The molecule has 0 aromatic heterocycles. The third-order valence-corrected chi connectivity index (χ3v) is 5.10. The molecule has 1 aliphatic carbocycles. The lowest BCUT2D eigenvalue weighted by molar-refractivity contribution is 0.1000. The summed E-state index contributed by atoms with van der Waals surface area (Å²) in [5.74, 6) is 0.236. The van der Waals surface area contributed by atoms with Crippen molar-refractivity contribution in [1.29, 1.82) is 0 Å². The van der Waals surface area contributed by atoms with Crippen molar-refractivity contribution >= 4 is 27.3 Å². The van der Waals surface area contributed by atoms with E-state index in [9.17, 15) is 4.79 Å². The van der Waals surface area contributed by atoms with E-state index in [0.29, 0.717) is 6.42 Å². The van der Waals surface area contributed by atoms with Crippen molar-refractivity contribution in [3.05, 3.63) is 83.4 Å². The van der Waals surface area contributed by atoms with Crippen molar-refractivity contribution in [2.75, 3.05) is 0 Å². The molecule has 24 heavy (non-hydrogen) atoms. The van der Waals surface area contributed by atoms with Crippen molar-refractivity contribution < 1.29 is 4.79 Å². The van der Waals surface area contributed by atoms with E-state index in [2.05, 4.69) is 61.5 Å². The van der Waals surface area contributed by atoms with E-state index in [0.717, 1.165) is 16.3 Å². The summed E-state index contributed by atoms with van der Waals surface area (Å²) in [6, 6.07) is 23.4. The number of carbonyl (C=O) groups is 1. The van der Waals surface area contributed by atoms with E-state index in [4.69, 9.17) is 0 Å². The summed E-state index contributed by atoms with van der Waals surface area (Å²) in [4.78, 5) is 12.4. The molecule has 4 aromatic carbocycles. The third-order valence-electron chi connectivity index (χ3n) is 5.10. The Bertz CT molecular complexity index is 1150. The second kappa shape index (κ2) is 4.78. The Morgan fingerprint density at radius 1 is 0.750 bits per heavy atom. The normalized spacial score (nSPS) is 13.1. The highest BCUT2D eigenvalue weighted by molar-refractivity contribution is 6.17. The number of Topliss-reactive ketones (excluding diaryl/α,β-unsaturated/α-hetero) is 1. The van der Waals surface area contributed by atoms with Crippen molar-refractivity contribution in [3.63, 3.8) is 0 Å². The molecule has 0 atom stereocenters. The SMILES string of the molecule is Cc1ccc2ccc(-c3ccc4cccc5c4c3CC5=O)cc2c1. The Morgan fingerprint density at radius 3 is 2.50 bits per heavy atom. The van der Waals surface area contributed by atoms with Gasteiger partial charge in [-0.3, -0.25) is 4.79 Å². The summed E-state index contributed by atoms with van der Waals surface area (Å²) in [6.07, 6.45) is 0.512. The van der Waals surface area contributed by atoms with E-state index in [1.54, 1.807) is 0 Å². The van der Waals surface area contributed by atoms with Gasteiger partial charge in [-0.25, -0.2) is 0 Å². The molecule has 0 spiro atoms. The van der Waals surface area contributed by atoms with Gasteiger partial charge in [0.2, 0.25) is 0 Å². The van der Waals surface area contributed by atoms with Crippen LogP contribution in [-0.2, 0) is 6.42 Å². The first-order chi connectivity index (χ1) is 11.7. The van der Waals surface area contributed by atoms with E-state index >= 15 is 0 Å². The van der Waals surface area contributed by atoms with Crippen LogP contribution in [0.3, 0.4) is 0 Å². The van der Waals surface area contributed by atoms with Crippen molar-refractivity contribution in [2.24, 2.45) is 0 Å². The van der Waals surface area contributed by atoms with E-state index in [-0.39, 0.29) is 5.78 Å². The average molecular weight is 308 g/mol. The first-order valence-corrected chi connectivity index (χ1v) is 8.29. The van der Waals surface area contributed by atoms with Crippen molar-refractivity contribution in [3.8, 4) is 11.1 Å². The number of rotatable bonds is 1. The summed E-state index contributed by atoms with van der Waals surface area (Å²) in [5, 5.41) is 4.80. The first-order valence-electron chi connectivity index (χ1n) is 8.29. The van der Waals surface area contributed by atoms with Gasteiger partial charge >= 0.3 is 0 Å². The number of ketones is 1. The van der Waals surface area contributed by atoms with Crippen LogP contribution in [0.15, 0.2) is 66.7 Å². The number of benzene rings is 4. The molecule has 0 heterocycles. The second-order valence-electron chi connectivity index (χ2n) is 6.66. The molecule has 0 fully saturated rings. The van der Waals surface area contributed by atoms with Gasteiger partial charge in [-0.05, 0) is 51.2 Å². The summed E-state index contributed by atoms with van der Waals surface area (Å²) in [6.45, 7) is 2.12. The lowest BCUT2D eigenvalue weighted by atomic mass is 9.93. The van der Waals surface area contributed by atoms with Gasteiger partial charge in [-0.2, -0.15) is 0 Å². The summed E-state index contributed by atoms with van der Waals surface area (Å²) < 4.78 is 0. The zero-order valence-corrected chi connectivity index (χ0v) is 13.5. The molecule has 1 heteroatoms. The van der Waals surface area contributed by atoms with E-state index in [1.165, 1.54) is 33.0 Å². The molecule has 114 valence electrons. The molecule has 1 nitrogen and oxygen atoms in total. The standard InChI is InChI=1S/C23H16O/c1-14-5-6-15-7-8-17(12-18(15)11-14)19-10-9-16-3-2-4-20-22(24)13-21(19)23(16)20/h2-12H,13H2,1H3. The zero-order valence-electron chi connectivity index (χ0n) is 13.5. The second-order valence-corrected chi connectivity index (χ2v) is 6.66. The topological polar surface area (TPSA) is 17.1 Å². The van der Waals surface area contributed by atoms with Crippen molar-refractivity contribution in [1.82, 2.24) is 0 Å². The van der Waals surface area contributed by atoms with E-state index < -0.39 is 0 Å². The van der Waals surface area contributed by atoms with Gasteiger partial charge in [0.25, 0.3) is 0 Å². The van der Waals surface area contributed by atoms with Crippen LogP contribution >= 0.6 is 0 Å². The van der Waals surface area contributed by atoms with Gasteiger partial charge in [0, 0.05) is 12.0 Å². The molecule has 0 radical (unpaired) electrons. The maximum absolute atomic E-state index is 12.4. The van der Waals surface area contributed by atoms with Crippen LogP contribution in [0.5, 0.6) is 0 Å². The molecule has 0 N–H and O–H groups in total. The molecular weight excluding hydrogens is 292 g/mol. The van der Waals surface area contributed by atoms with Crippen LogP contribution in [0.4, 0.5) is 0 Å². The molecule has 0 bridgehead atoms. The smallest absolute Gasteiger partial charge is 0.167 e. The Balaban J connectivity index is 1.80. The molecule has 1 aliphatic rings. The fourth-order valence-corrected chi connectivity index (χ4v) is 3.93. The highest BCUT2D eigenvalue weighted by atomic mass is 16.1. The predicted octanol–water partition coefficient (Wildman–Crippen LogP) is 5.71. The average Bonchev–Trinajstić information content (AvgIpc) is 2.93. The van der Waals surface area contributed by atoms with Gasteiger partial charge in [0.1, 0.15) is 0 Å². The highest BCUT2D eigenvalue weighted by Gasteiger charge is 2.24. The molecule has 4 aromatic rings. The highest BCUT2D eigenvalue weighted by Crippen LogP contribution is 2.38. The van der Waals surface area contributed by atoms with E-state index in [1.807, 2.05) is 12.1 Å². The third kappa shape index (κ3) is 1.85. The number of hydrogen-bond donors (Lipinski definition) is 0. The minimum Gasteiger partial charge on any atom is -0.294 e. The van der Waals surface area contributed by atoms with Crippen LogP contribution in [0.25, 0.3) is 32.7 Å². The number of carbonyl (C=O) groups excluding carboxylic acids is 1. The van der Waals surface area contributed by atoms with Gasteiger partial charge in [0.15, 0.2) is 5.78 Å². The monoisotopic (exact) mass is 308 g/mol. The minimum absolute atomic E-state index is 0.236. The summed E-state index contributed by atoms with van der Waals surface area (Å²) in [5.41, 5.74) is 5.69. The van der Waals surface area contributed by atoms with Crippen LogP contribution in [-0.4, -0.2) is 5.78 Å². The van der Waals surface area contributed by atoms with Crippen LogP contribution < -0.4 is 0 Å². The number of aryl methyl sites for hydroxylation is 1. The van der Waals surface area contributed by atoms with Gasteiger partial charge in [0.05, 0.1) is 0 Å². The molecule has 0 aliphatic heterocycles. The van der Waals surface area contributed by atoms with Gasteiger partial charge in [-0.15, -0.1) is 0 Å².